The van der Waals surface area contributed by atoms with Crippen LogP contribution in [0.25, 0.3) is 0 Å². The first-order valence-electron chi connectivity index (χ1n) is 6.41. The lowest BCUT2D eigenvalue weighted by atomic mass is 10.1. The van der Waals surface area contributed by atoms with Gasteiger partial charge in [-0.05, 0) is 33.3 Å². The van der Waals surface area contributed by atoms with Crippen molar-refractivity contribution in [2.45, 2.75) is 27.7 Å². The Kier molecular flexibility index (Phi) is 4.37. The van der Waals surface area contributed by atoms with Gasteiger partial charge in [0.1, 0.15) is 10.7 Å². The Bertz CT molecular complexity index is 690. The molecule has 7 nitrogen and oxygen atoms in total. The van der Waals surface area contributed by atoms with E-state index in [-0.39, 0.29) is 12.5 Å². The predicted octanol–water partition coefficient (Wildman–Crippen LogP) is 2.22. The van der Waals surface area contributed by atoms with E-state index in [1.165, 1.54) is 11.3 Å². The van der Waals surface area contributed by atoms with Crippen LogP contribution in [0.5, 0.6) is 0 Å². The van der Waals surface area contributed by atoms with E-state index in [0.29, 0.717) is 27.6 Å². The molecule has 0 aliphatic carbocycles. The number of aromatic amines is 1. The number of H-pyrrole nitrogens is 1. The van der Waals surface area contributed by atoms with Crippen molar-refractivity contribution < 1.29 is 14.3 Å². The van der Waals surface area contributed by atoms with Crippen LogP contribution in [0.15, 0.2) is 0 Å². The van der Waals surface area contributed by atoms with Gasteiger partial charge in [0.2, 0.25) is 5.13 Å². The third-order valence-corrected chi connectivity index (χ3v) is 3.64. The second kappa shape index (κ2) is 6.04. The lowest BCUT2D eigenvalue weighted by Crippen LogP contribution is -2.14. The maximum absolute atomic E-state index is 12.3. The maximum Gasteiger partial charge on any atom is 0.355 e. The quantitative estimate of drug-likeness (QED) is 0.844. The minimum absolute atomic E-state index is 0.280. The lowest BCUT2D eigenvalue weighted by Gasteiger charge is -2.03. The van der Waals surface area contributed by atoms with Crippen LogP contribution in [0.3, 0.4) is 0 Å². The number of aromatic nitrogens is 3. The SMILES string of the molecule is CCOC(=O)c1[nH]c(C)c(C(=O)Nc2nnc(C)s2)c1C. The Balaban J connectivity index is 2.27. The number of ether oxygens (including phenoxy) is 1. The van der Waals surface area contributed by atoms with Gasteiger partial charge in [0.15, 0.2) is 0 Å². The number of nitrogens with zero attached hydrogens (tertiary/aromatic N) is 2. The van der Waals surface area contributed by atoms with E-state index in [1.54, 1.807) is 27.7 Å². The number of amides is 1. The molecule has 2 aromatic heterocycles. The van der Waals surface area contributed by atoms with E-state index in [4.69, 9.17) is 4.74 Å². The van der Waals surface area contributed by atoms with Crippen LogP contribution in [-0.4, -0.2) is 33.7 Å². The van der Waals surface area contributed by atoms with Crippen molar-refractivity contribution in [2.24, 2.45) is 0 Å². The average Bonchev–Trinajstić information content (AvgIpc) is 2.93. The monoisotopic (exact) mass is 308 g/mol. The van der Waals surface area contributed by atoms with E-state index in [9.17, 15) is 9.59 Å². The standard InChI is InChI=1S/C13H16N4O3S/c1-5-20-12(19)10-6(2)9(7(3)14-10)11(18)15-13-17-16-8(4)21-13/h14H,5H2,1-4H3,(H,15,17,18). The van der Waals surface area contributed by atoms with Crippen molar-refractivity contribution in [3.05, 3.63) is 27.5 Å². The molecule has 0 aromatic carbocycles. The molecular weight excluding hydrogens is 292 g/mol. The van der Waals surface area contributed by atoms with E-state index in [0.717, 1.165) is 5.01 Å². The first-order valence-corrected chi connectivity index (χ1v) is 7.23. The smallest absolute Gasteiger partial charge is 0.355 e. The number of carbonyl (C=O) groups is 2. The summed E-state index contributed by atoms with van der Waals surface area (Å²) < 4.78 is 4.96. The zero-order valence-corrected chi connectivity index (χ0v) is 13.1. The number of esters is 1. The van der Waals surface area contributed by atoms with Crippen molar-refractivity contribution in [3.8, 4) is 0 Å². The molecule has 21 heavy (non-hydrogen) atoms. The van der Waals surface area contributed by atoms with Gasteiger partial charge < -0.3 is 9.72 Å². The molecule has 0 bridgehead atoms. The van der Waals surface area contributed by atoms with Crippen molar-refractivity contribution in [2.75, 3.05) is 11.9 Å². The van der Waals surface area contributed by atoms with Crippen molar-refractivity contribution in [3.63, 3.8) is 0 Å². The van der Waals surface area contributed by atoms with Crippen LogP contribution < -0.4 is 5.32 Å². The van der Waals surface area contributed by atoms with Crippen LogP contribution in [-0.2, 0) is 4.74 Å². The first-order chi connectivity index (χ1) is 9.93. The molecule has 2 N–H and O–H groups in total. The second-order valence-corrected chi connectivity index (χ2v) is 5.61. The Hall–Kier alpha value is -2.22. The molecule has 0 saturated heterocycles. The third kappa shape index (κ3) is 3.10. The molecule has 112 valence electrons. The minimum atomic E-state index is -0.469. The molecular formula is C13H16N4O3S. The van der Waals surface area contributed by atoms with Gasteiger partial charge in [0.25, 0.3) is 5.91 Å². The van der Waals surface area contributed by atoms with Crippen molar-refractivity contribution in [1.82, 2.24) is 15.2 Å². The number of anilines is 1. The van der Waals surface area contributed by atoms with E-state index in [2.05, 4.69) is 20.5 Å². The van der Waals surface area contributed by atoms with Gasteiger partial charge in [-0.1, -0.05) is 11.3 Å². The summed E-state index contributed by atoms with van der Waals surface area (Å²) in [5.41, 5.74) is 1.89. The molecule has 0 radical (unpaired) electrons. The average molecular weight is 308 g/mol. The van der Waals surface area contributed by atoms with Crippen molar-refractivity contribution >= 4 is 28.3 Å². The lowest BCUT2D eigenvalue weighted by molar-refractivity contribution is 0.0519. The van der Waals surface area contributed by atoms with Crippen LogP contribution in [0.4, 0.5) is 5.13 Å². The molecule has 0 atom stereocenters. The fraction of sp³-hybridized carbons (Fsp3) is 0.385. The summed E-state index contributed by atoms with van der Waals surface area (Å²) in [7, 11) is 0. The number of rotatable bonds is 4. The highest BCUT2D eigenvalue weighted by Crippen LogP contribution is 2.21. The zero-order chi connectivity index (χ0) is 15.6. The maximum atomic E-state index is 12.3. The highest BCUT2D eigenvalue weighted by Gasteiger charge is 2.23. The van der Waals surface area contributed by atoms with Gasteiger partial charge in [-0.15, -0.1) is 10.2 Å². The fourth-order valence-corrected chi connectivity index (χ4v) is 2.59. The Morgan fingerprint density at radius 3 is 2.57 bits per heavy atom. The van der Waals surface area contributed by atoms with Gasteiger partial charge in [0.05, 0.1) is 12.2 Å². The molecule has 0 fully saturated rings. The Morgan fingerprint density at radius 2 is 2.00 bits per heavy atom. The first kappa shape index (κ1) is 15.2. The van der Waals surface area contributed by atoms with Gasteiger partial charge in [-0.25, -0.2) is 4.79 Å². The summed E-state index contributed by atoms with van der Waals surface area (Å²) in [6, 6.07) is 0. The summed E-state index contributed by atoms with van der Waals surface area (Å²) in [6.07, 6.45) is 0. The molecule has 0 spiro atoms. The van der Waals surface area contributed by atoms with Gasteiger partial charge >= 0.3 is 5.97 Å². The molecule has 2 heterocycles. The molecule has 2 aromatic rings. The van der Waals surface area contributed by atoms with Crippen LogP contribution >= 0.6 is 11.3 Å². The highest BCUT2D eigenvalue weighted by molar-refractivity contribution is 7.15. The van der Waals surface area contributed by atoms with Gasteiger partial charge in [-0.3, -0.25) is 10.1 Å². The third-order valence-electron chi connectivity index (χ3n) is 2.89. The largest absolute Gasteiger partial charge is 0.461 e. The Morgan fingerprint density at radius 1 is 1.29 bits per heavy atom. The van der Waals surface area contributed by atoms with Crippen molar-refractivity contribution in [1.29, 1.82) is 0 Å². The molecule has 0 unspecified atom stereocenters. The molecule has 1 amide bonds. The topological polar surface area (TPSA) is 97.0 Å². The summed E-state index contributed by atoms with van der Waals surface area (Å²) in [4.78, 5) is 27.0. The normalized spacial score (nSPS) is 10.5. The molecule has 8 heteroatoms. The molecule has 0 saturated carbocycles. The molecule has 2 rings (SSSR count). The number of hydrogen-bond acceptors (Lipinski definition) is 6. The predicted molar refractivity (Wildman–Crippen MR) is 78.8 cm³/mol. The van der Waals surface area contributed by atoms with Crippen LogP contribution in [0.2, 0.25) is 0 Å². The van der Waals surface area contributed by atoms with E-state index in [1.807, 2.05) is 0 Å². The summed E-state index contributed by atoms with van der Waals surface area (Å²) in [6.45, 7) is 7.25. The van der Waals surface area contributed by atoms with E-state index >= 15 is 0 Å². The second-order valence-electron chi connectivity index (χ2n) is 4.43. The minimum Gasteiger partial charge on any atom is -0.461 e. The molecule has 0 aliphatic rings. The fourth-order valence-electron chi connectivity index (χ4n) is 2.00. The zero-order valence-electron chi connectivity index (χ0n) is 12.2. The number of hydrogen-bond donors (Lipinski definition) is 2. The Labute approximate surface area is 125 Å². The summed E-state index contributed by atoms with van der Waals surface area (Å²) in [5.74, 6) is -0.795. The van der Waals surface area contributed by atoms with E-state index < -0.39 is 5.97 Å². The highest BCUT2D eigenvalue weighted by atomic mass is 32.1. The number of nitrogens with one attached hydrogen (secondary N) is 2. The number of carbonyl (C=O) groups excluding carboxylic acids is 2. The summed E-state index contributed by atoms with van der Waals surface area (Å²) in [5, 5.41) is 11.6. The summed E-state index contributed by atoms with van der Waals surface area (Å²) >= 11 is 1.29. The van der Waals surface area contributed by atoms with Crippen LogP contribution in [0.1, 0.15) is 44.0 Å². The van der Waals surface area contributed by atoms with Crippen LogP contribution in [0, 0.1) is 20.8 Å². The van der Waals surface area contributed by atoms with Gasteiger partial charge in [-0.2, -0.15) is 0 Å². The van der Waals surface area contributed by atoms with Gasteiger partial charge in [0, 0.05) is 5.69 Å². The molecule has 0 aliphatic heterocycles. The number of aryl methyl sites for hydroxylation is 2.